The van der Waals surface area contributed by atoms with E-state index in [1.165, 1.54) is 0 Å². The molecule has 1 N–H and O–H groups in total. The summed E-state index contributed by atoms with van der Waals surface area (Å²) in [5.74, 6) is -6.24. The minimum atomic E-state index is -5.35. The van der Waals surface area contributed by atoms with Crippen LogP contribution in [0.25, 0.3) is 0 Å². The van der Waals surface area contributed by atoms with Gasteiger partial charge in [0.25, 0.3) is 5.92 Å². The van der Waals surface area contributed by atoms with Crippen molar-refractivity contribution < 1.29 is 36.6 Å². The fourth-order valence-corrected chi connectivity index (χ4v) is 2.69. The number of aliphatic hydroxyl groups excluding tert-OH is 1. The molecule has 1 aliphatic carbocycles. The molecule has 0 aromatic carbocycles. The minimum absolute atomic E-state index is 0.0857. The number of carbonyl (C=O) groups is 1. The number of hydrogen-bond acceptors (Lipinski definition) is 3. The van der Waals surface area contributed by atoms with Gasteiger partial charge in [0.05, 0.1) is 12.0 Å². The number of halogens is 5. The number of carbonyl (C=O) groups excluding carboxylic acids is 1. The van der Waals surface area contributed by atoms with Gasteiger partial charge in [-0.25, -0.2) is 8.78 Å². The molecule has 3 nitrogen and oxygen atoms in total. The second-order valence-corrected chi connectivity index (χ2v) is 7.17. The van der Waals surface area contributed by atoms with Crippen LogP contribution < -0.4 is 0 Å². The Kier molecular flexibility index (Phi) is 6.63. The quantitative estimate of drug-likeness (QED) is 0.566. The van der Waals surface area contributed by atoms with Crippen LogP contribution in [0, 0.1) is 17.3 Å². The van der Waals surface area contributed by atoms with Crippen molar-refractivity contribution in [3.05, 3.63) is 0 Å². The number of alkyl halides is 5. The third-order valence-electron chi connectivity index (χ3n) is 4.95. The van der Waals surface area contributed by atoms with Gasteiger partial charge in [0.1, 0.15) is 0 Å². The summed E-state index contributed by atoms with van der Waals surface area (Å²) in [6.07, 6.45) is -8.19. The maximum Gasteiger partial charge on any atom is 0.420 e. The van der Waals surface area contributed by atoms with Crippen molar-refractivity contribution in [2.45, 2.75) is 71.1 Å². The molecule has 0 aromatic rings. The van der Waals surface area contributed by atoms with Crippen molar-refractivity contribution in [2.75, 3.05) is 6.61 Å². The maximum absolute atomic E-state index is 13.8. The van der Waals surface area contributed by atoms with Crippen molar-refractivity contribution in [1.29, 1.82) is 0 Å². The highest BCUT2D eigenvalue weighted by Crippen LogP contribution is 2.44. The number of esters is 1. The molecule has 1 unspecified atom stereocenters. The third-order valence-corrected chi connectivity index (χ3v) is 4.95. The largest absolute Gasteiger partial charge is 0.465 e. The number of rotatable bonds is 6. The van der Waals surface area contributed by atoms with E-state index in [1.54, 1.807) is 13.8 Å². The summed E-state index contributed by atoms with van der Waals surface area (Å²) >= 11 is 0. The van der Waals surface area contributed by atoms with Crippen LogP contribution in [0.4, 0.5) is 22.0 Å². The standard InChI is InChI=1S/C16H25F5O3/c1-4-14(2,3)13(23)24-9-10-5-7-11(8-6-10)15(17,18)12(22)16(19,20)21/h10-12,22H,4-9H2,1-3H3. The Bertz CT molecular complexity index is 426. The van der Waals surface area contributed by atoms with Crippen molar-refractivity contribution in [2.24, 2.45) is 17.3 Å². The van der Waals surface area contributed by atoms with E-state index in [2.05, 4.69) is 0 Å². The van der Waals surface area contributed by atoms with E-state index in [1.807, 2.05) is 6.92 Å². The molecular formula is C16H25F5O3. The Morgan fingerprint density at radius 1 is 1.12 bits per heavy atom. The van der Waals surface area contributed by atoms with E-state index < -0.39 is 29.5 Å². The van der Waals surface area contributed by atoms with Crippen LogP contribution in [0.5, 0.6) is 0 Å². The molecule has 0 spiro atoms. The van der Waals surface area contributed by atoms with Gasteiger partial charge in [0.2, 0.25) is 6.10 Å². The van der Waals surface area contributed by atoms with Crippen LogP contribution in [-0.4, -0.2) is 35.9 Å². The van der Waals surface area contributed by atoms with Crippen molar-refractivity contribution in [1.82, 2.24) is 0 Å². The van der Waals surface area contributed by atoms with Crippen molar-refractivity contribution in [3.8, 4) is 0 Å². The van der Waals surface area contributed by atoms with E-state index >= 15 is 0 Å². The van der Waals surface area contributed by atoms with E-state index in [-0.39, 0.29) is 44.2 Å². The molecule has 24 heavy (non-hydrogen) atoms. The topological polar surface area (TPSA) is 46.5 Å². The van der Waals surface area contributed by atoms with Crippen LogP contribution >= 0.6 is 0 Å². The highest BCUT2D eigenvalue weighted by Gasteiger charge is 2.58. The van der Waals surface area contributed by atoms with Gasteiger partial charge in [-0.3, -0.25) is 4.79 Å². The normalized spacial score (nSPS) is 24.5. The van der Waals surface area contributed by atoms with Crippen LogP contribution in [0.1, 0.15) is 52.9 Å². The molecule has 8 heteroatoms. The Hall–Kier alpha value is -0.920. The minimum Gasteiger partial charge on any atom is -0.465 e. The molecule has 0 radical (unpaired) electrons. The van der Waals surface area contributed by atoms with E-state index in [4.69, 9.17) is 9.84 Å². The van der Waals surface area contributed by atoms with Crippen LogP contribution in [0.2, 0.25) is 0 Å². The fraction of sp³-hybridized carbons (Fsp3) is 0.938. The predicted molar refractivity (Wildman–Crippen MR) is 77.5 cm³/mol. The van der Waals surface area contributed by atoms with Gasteiger partial charge in [0.15, 0.2) is 0 Å². The zero-order valence-electron chi connectivity index (χ0n) is 14.1. The molecule has 0 saturated heterocycles. The first-order valence-corrected chi connectivity index (χ1v) is 8.12. The average molecular weight is 360 g/mol. The van der Waals surface area contributed by atoms with Crippen molar-refractivity contribution in [3.63, 3.8) is 0 Å². The lowest BCUT2D eigenvalue weighted by Crippen LogP contribution is -2.50. The van der Waals surface area contributed by atoms with Crippen molar-refractivity contribution >= 4 is 5.97 Å². The van der Waals surface area contributed by atoms with Gasteiger partial charge in [-0.05, 0) is 51.9 Å². The zero-order chi connectivity index (χ0) is 18.8. The smallest absolute Gasteiger partial charge is 0.420 e. The lowest BCUT2D eigenvalue weighted by Gasteiger charge is -2.36. The second kappa shape index (κ2) is 7.54. The van der Waals surface area contributed by atoms with Crippen LogP contribution in [-0.2, 0) is 9.53 Å². The Morgan fingerprint density at radius 3 is 2.04 bits per heavy atom. The zero-order valence-corrected chi connectivity index (χ0v) is 14.1. The maximum atomic E-state index is 13.8. The van der Waals surface area contributed by atoms with Gasteiger partial charge in [0, 0.05) is 5.92 Å². The Labute approximate surface area is 138 Å². The number of aliphatic hydroxyl groups is 1. The number of hydrogen-bond donors (Lipinski definition) is 1. The fourth-order valence-electron chi connectivity index (χ4n) is 2.69. The molecule has 1 fully saturated rings. The summed E-state index contributed by atoms with van der Waals surface area (Å²) in [7, 11) is 0. The molecule has 1 aliphatic rings. The highest BCUT2D eigenvalue weighted by atomic mass is 19.4. The van der Waals surface area contributed by atoms with E-state index in [0.29, 0.717) is 6.42 Å². The molecule has 0 aliphatic heterocycles. The van der Waals surface area contributed by atoms with Gasteiger partial charge in [-0.2, -0.15) is 13.2 Å². The highest BCUT2D eigenvalue weighted by molar-refractivity contribution is 5.75. The van der Waals surface area contributed by atoms with Gasteiger partial charge in [-0.15, -0.1) is 0 Å². The van der Waals surface area contributed by atoms with E-state index in [0.717, 1.165) is 0 Å². The monoisotopic (exact) mass is 360 g/mol. The van der Waals surface area contributed by atoms with Crippen LogP contribution in [0.3, 0.4) is 0 Å². The average Bonchev–Trinajstić information content (AvgIpc) is 2.51. The molecule has 1 atom stereocenters. The van der Waals surface area contributed by atoms with Gasteiger partial charge >= 0.3 is 12.1 Å². The predicted octanol–water partition coefficient (Wildman–Crippen LogP) is 4.33. The Morgan fingerprint density at radius 2 is 1.62 bits per heavy atom. The molecule has 1 rings (SSSR count). The summed E-state index contributed by atoms with van der Waals surface area (Å²) in [5.41, 5.74) is -0.624. The lowest BCUT2D eigenvalue weighted by atomic mass is 9.77. The third kappa shape index (κ3) is 5.04. The van der Waals surface area contributed by atoms with E-state index in [9.17, 15) is 26.7 Å². The second-order valence-electron chi connectivity index (χ2n) is 7.17. The molecule has 142 valence electrons. The van der Waals surface area contributed by atoms with Crippen LogP contribution in [0.15, 0.2) is 0 Å². The molecule has 0 heterocycles. The SMILES string of the molecule is CCC(C)(C)C(=O)OCC1CCC(C(F)(F)C(O)C(F)(F)F)CC1. The summed E-state index contributed by atoms with van der Waals surface area (Å²) in [6, 6.07) is 0. The molecular weight excluding hydrogens is 335 g/mol. The molecule has 0 amide bonds. The first-order valence-electron chi connectivity index (χ1n) is 8.12. The first kappa shape index (κ1) is 21.1. The summed E-state index contributed by atoms with van der Waals surface area (Å²) in [5, 5.41) is 8.88. The lowest BCUT2D eigenvalue weighted by molar-refractivity contribution is -0.285. The summed E-state index contributed by atoms with van der Waals surface area (Å²) in [6.45, 7) is 5.42. The first-order chi connectivity index (χ1) is 10.8. The summed E-state index contributed by atoms with van der Waals surface area (Å²) < 4.78 is 69.8. The summed E-state index contributed by atoms with van der Waals surface area (Å²) in [4.78, 5) is 11.9. The molecule has 0 aromatic heterocycles. The van der Waals surface area contributed by atoms with Gasteiger partial charge < -0.3 is 9.84 Å². The Balaban J connectivity index is 2.51. The molecule has 0 bridgehead atoms. The van der Waals surface area contributed by atoms with Gasteiger partial charge in [-0.1, -0.05) is 6.92 Å². The number of ether oxygens (including phenoxy) is 1. The molecule has 1 saturated carbocycles.